The van der Waals surface area contributed by atoms with Gasteiger partial charge in [0.2, 0.25) is 0 Å². The topological polar surface area (TPSA) is 90.7 Å². The molecule has 0 aliphatic heterocycles. The van der Waals surface area contributed by atoms with Crippen LogP contribution in [0.5, 0.6) is 5.75 Å². The number of methoxy groups -OCH3 is 1. The van der Waals surface area contributed by atoms with E-state index < -0.39 is 18.5 Å². The van der Waals surface area contributed by atoms with Crippen LogP contribution in [0.25, 0.3) is 11.0 Å². The van der Waals surface area contributed by atoms with Gasteiger partial charge >= 0.3 is 5.97 Å². The number of carbonyl (C=O) groups excluding carboxylic acids is 2. The highest BCUT2D eigenvalue weighted by Gasteiger charge is 2.15. The number of amides is 1. The maximum Gasteiger partial charge on any atom is 0.312 e. The number of para-hydroxylation sites is 1. The quantitative estimate of drug-likeness (QED) is 0.650. The van der Waals surface area contributed by atoms with Gasteiger partial charge in [0.15, 0.2) is 12.2 Å². The SMILES string of the molecule is COc1cc(Cl)c(C)cc1NC(=O)COC(=O)Cc1noc2ccccc12. The van der Waals surface area contributed by atoms with Crippen molar-refractivity contribution in [3.05, 3.63) is 52.7 Å². The lowest BCUT2D eigenvalue weighted by Gasteiger charge is -2.12. The van der Waals surface area contributed by atoms with E-state index in [9.17, 15) is 9.59 Å². The number of halogens is 1. The maximum atomic E-state index is 12.1. The fraction of sp³-hybridized carbons (Fsp3) is 0.211. The molecular weight excluding hydrogens is 372 g/mol. The number of carbonyl (C=O) groups is 2. The first-order valence-corrected chi connectivity index (χ1v) is 8.48. The van der Waals surface area contributed by atoms with Crippen molar-refractivity contribution in [2.45, 2.75) is 13.3 Å². The number of ether oxygens (including phenoxy) is 2. The summed E-state index contributed by atoms with van der Waals surface area (Å²) in [7, 11) is 1.47. The van der Waals surface area contributed by atoms with Crippen molar-refractivity contribution >= 4 is 40.1 Å². The molecule has 1 amide bonds. The van der Waals surface area contributed by atoms with Gasteiger partial charge in [-0.05, 0) is 30.7 Å². The Balaban J connectivity index is 1.58. The molecule has 27 heavy (non-hydrogen) atoms. The molecule has 1 N–H and O–H groups in total. The predicted molar refractivity (Wildman–Crippen MR) is 100 cm³/mol. The van der Waals surface area contributed by atoms with E-state index in [2.05, 4.69) is 10.5 Å². The number of esters is 1. The number of nitrogens with one attached hydrogen (secondary N) is 1. The molecule has 0 saturated heterocycles. The Hall–Kier alpha value is -3.06. The summed E-state index contributed by atoms with van der Waals surface area (Å²) in [5.74, 6) is -0.656. The normalized spacial score (nSPS) is 10.6. The molecule has 8 heteroatoms. The lowest BCUT2D eigenvalue weighted by molar-refractivity contribution is -0.146. The molecule has 0 atom stereocenters. The lowest BCUT2D eigenvalue weighted by Crippen LogP contribution is -2.22. The minimum absolute atomic E-state index is 0.0896. The largest absolute Gasteiger partial charge is 0.495 e. The maximum absolute atomic E-state index is 12.1. The van der Waals surface area contributed by atoms with Gasteiger partial charge in [-0.25, -0.2) is 0 Å². The molecule has 1 heterocycles. The van der Waals surface area contributed by atoms with Crippen LogP contribution in [-0.4, -0.2) is 30.7 Å². The second-order valence-corrected chi connectivity index (χ2v) is 6.22. The van der Waals surface area contributed by atoms with Gasteiger partial charge in [0.25, 0.3) is 5.91 Å². The molecule has 3 aromatic rings. The third-order valence-electron chi connectivity index (χ3n) is 3.88. The van der Waals surface area contributed by atoms with Crippen LogP contribution < -0.4 is 10.1 Å². The number of hydrogen-bond donors (Lipinski definition) is 1. The molecule has 1 aromatic heterocycles. The standard InChI is InChI=1S/C19H17ClN2O5/c1-11-7-15(17(25-2)8-13(11)20)21-18(23)10-26-19(24)9-14-12-5-3-4-6-16(12)27-22-14/h3-8H,9-10H2,1-2H3,(H,21,23). The number of rotatable bonds is 6. The minimum Gasteiger partial charge on any atom is -0.495 e. The van der Waals surface area contributed by atoms with Gasteiger partial charge in [0, 0.05) is 16.5 Å². The Morgan fingerprint density at radius 3 is 2.81 bits per heavy atom. The van der Waals surface area contributed by atoms with Gasteiger partial charge in [0.1, 0.15) is 11.4 Å². The molecule has 0 radical (unpaired) electrons. The first kappa shape index (κ1) is 18.7. The Bertz CT molecular complexity index is 999. The van der Waals surface area contributed by atoms with E-state index >= 15 is 0 Å². The number of hydrogen-bond acceptors (Lipinski definition) is 6. The summed E-state index contributed by atoms with van der Waals surface area (Å²) < 4.78 is 15.4. The van der Waals surface area contributed by atoms with Crippen molar-refractivity contribution in [3.63, 3.8) is 0 Å². The van der Waals surface area contributed by atoms with Crippen molar-refractivity contribution < 1.29 is 23.6 Å². The summed E-state index contributed by atoms with van der Waals surface area (Å²) in [5.41, 5.74) is 2.28. The number of benzene rings is 2. The van der Waals surface area contributed by atoms with Gasteiger partial charge in [-0.2, -0.15) is 0 Å². The van der Waals surface area contributed by atoms with Crippen LogP contribution in [0.2, 0.25) is 5.02 Å². The third-order valence-corrected chi connectivity index (χ3v) is 4.29. The Morgan fingerprint density at radius 1 is 1.26 bits per heavy atom. The highest BCUT2D eigenvalue weighted by atomic mass is 35.5. The van der Waals surface area contributed by atoms with E-state index in [1.54, 1.807) is 31.2 Å². The zero-order chi connectivity index (χ0) is 19.4. The summed E-state index contributed by atoms with van der Waals surface area (Å²) in [4.78, 5) is 24.1. The van der Waals surface area contributed by atoms with Crippen LogP contribution in [0, 0.1) is 6.92 Å². The zero-order valence-electron chi connectivity index (χ0n) is 14.7. The molecule has 0 fully saturated rings. The van der Waals surface area contributed by atoms with E-state index in [-0.39, 0.29) is 6.42 Å². The molecule has 0 unspecified atom stereocenters. The monoisotopic (exact) mass is 388 g/mol. The van der Waals surface area contributed by atoms with Gasteiger partial charge in [-0.1, -0.05) is 28.9 Å². The number of aromatic nitrogens is 1. The van der Waals surface area contributed by atoms with Crippen LogP contribution in [0.15, 0.2) is 40.9 Å². The van der Waals surface area contributed by atoms with Crippen LogP contribution in [0.4, 0.5) is 5.69 Å². The van der Waals surface area contributed by atoms with Crippen molar-refractivity contribution in [1.82, 2.24) is 5.16 Å². The van der Waals surface area contributed by atoms with Gasteiger partial charge in [-0.15, -0.1) is 0 Å². The van der Waals surface area contributed by atoms with E-state index in [1.165, 1.54) is 7.11 Å². The Kier molecular flexibility index (Phi) is 5.61. The smallest absolute Gasteiger partial charge is 0.312 e. The highest BCUT2D eigenvalue weighted by Crippen LogP contribution is 2.30. The van der Waals surface area contributed by atoms with Crippen LogP contribution in [0.3, 0.4) is 0 Å². The molecule has 0 aliphatic rings. The summed E-state index contributed by atoms with van der Waals surface area (Å²) >= 11 is 6.04. The molecular formula is C19H17ClN2O5. The number of anilines is 1. The Morgan fingerprint density at radius 2 is 2.04 bits per heavy atom. The average Bonchev–Trinajstić information content (AvgIpc) is 3.06. The molecule has 0 aliphatic carbocycles. The van der Waals surface area contributed by atoms with Gasteiger partial charge in [0.05, 0.1) is 19.2 Å². The highest BCUT2D eigenvalue weighted by molar-refractivity contribution is 6.31. The van der Waals surface area contributed by atoms with Crippen molar-refractivity contribution in [2.75, 3.05) is 19.0 Å². The first-order chi connectivity index (χ1) is 13.0. The molecule has 0 spiro atoms. The molecule has 0 saturated carbocycles. The van der Waals surface area contributed by atoms with Crippen LogP contribution in [0.1, 0.15) is 11.3 Å². The van der Waals surface area contributed by atoms with Crippen molar-refractivity contribution in [2.24, 2.45) is 0 Å². The average molecular weight is 389 g/mol. The van der Waals surface area contributed by atoms with E-state index in [4.69, 9.17) is 25.6 Å². The lowest BCUT2D eigenvalue weighted by atomic mass is 10.2. The van der Waals surface area contributed by atoms with Gasteiger partial charge in [-0.3, -0.25) is 9.59 Å². The van der Waals surface area contributed by atoms with E-state index in [0.717, 1.165) is 10.9 Å². The second kappa shape index (κ2) is 8.09. The van der Waals surface area contributed by atoms with Crippen LogP contribution in [-0.2, 0) is 20.7 Å². The zero-order valence-corrected chi connectivity index (χ0v) is 15.5. The molecule has 2 aromatic carbocycles. The van der Waals surface area contributed by atoms with E-state index in [0.29, 0.717) is 27.7 Å². The summed E-state index contributed by atoms with van der Waals surface area (Å²) in [5, 5.41) is 7.77. The van der Waals surface area contributed by atoms with E-state index in [1.807, 2.05) is 12.1 Å². The number of aryl methyl sites for hydroxylation is 1. The number of fused-ring (bicyclic) bond motifs is 1. The second-order valence-electron chi connectivity index (χ2n) is 5.81. The van der Waals surface area contributed by atoms with Crippen LogP contribution >= 0.6 is 11.6 Å². The Labute approximate surface area is 160 Å². The molecule has 3 rings (SSSR count). The summed E-state index contributed by atoms with van der Waals surface area (Å²) in [6.45, 7) is 1.37. The first-order valence-electron chi connectivity index (χ1n) is 8.11. The minimum atomic E-state index is -0.580. The van der Waals surface area contributed by atoms with Crippen molar-refractivity contribution in [1.29, 1.82) is 0 Å². The fourth-order valence-corrected chi connectivity index (χ4v) is 2.67. The number of nitrogens with zero attached hydrogens (tertiary/aromatic N) is 1. The molecule has 0 bridgehead atoms. The third kappa shape index (κ3) is 4.38. The predicted octanol–water partition coefficient (Wildman–Crippen LogP) is 3.52. The molecule has 7 nitrogen and oxygen atoms in total. The molecule has 140 valence electrons. The fourth-order valence-electron chi connectivity index (χ4n) is 2.52. The van der Waals surface area contributed by atoms with Gasteiger partial charge < -0.3 is 19.3 Å². The summed E-state index contributed by atoms with van der Waals surface area (Å²) in [6, 6.07) is 10.5. The summed E-state index contributed by atoms with van der Waals surface area (Å²) in [6.07, 6.45) is -0.0896. The van der Waals surface area contributed by atoms with Crippen molar-refractivity contribution in [3.8, 4) is 5.75 Å².